The van der Waals surface area contributed by atoms with Crippen LogP contribution in [0.4, 0.5) is 0 Å². The van der Waals surface area contributed by atoms with E-state index in [1.807, 2.05) is 13.8 Å². The standard InChI is InChI=1S/C14H19NO2S/c1-9(2)17-12-8-10(6-7-13(12)18)14(16)15-11-4-3-5-11/h6-9,11,18H,3-5H2,1-2H3,(H,15,16). The van der Waals surface area contributed by atoms with Gasteiger partial charge < -0.3 is 10.1 Å². The molecule has 2 rings (SSSR count). The van der Waals surface area contributed by atoms with E-state index in [0.717, 1.165) is 17.7 Å². The first-order valence-corrected chi connectivity index (χ1v) is 6.81. The highest BCUT2D eigenvalue weighted by Gasteiger charge is 2.20. The summed E-state index contributed by atoms with van der Waals surface area (Å²) in [5.74, 6) is 0.635. The molecule has 1 aromatic rings. The van der Waals surface area contributed by atoms with E-state index in [0.29, 0.717) is 17.4 Å². The number of carbonyl (C=O) groups is 1. The first kappa shape index (κ1) is 13.3. The van der Waals surface area contributed by atoms with Gasteiger partial charge in [-0.05, 0) is 51.3 Å². The highest BCUT2D eigenvalue weighted by atomic mass is 32.1. The first-order chi connectivity index (χ1) is 8.56. The van der Waals surface area contributed by atoms with Gasteiger partial charge >= 0.3 is 0 Å². The maximum atomic E-state index is 12.0. The van der Waals surface area contributed by atoms with E-state index >= 15 is 0 Å². The topological polar surface area (TPSA) is 38.3 Å². The summed E-state index contributed by atoms with van der Waals surface area (Å²) in [4.78, 5) is 12.8. The van der Waals surface area contributed by atoms with Crippen molar-refractivity contribution in [2.45, 2.75) is 50.2 Å². The zero-order chi connectivity index (χ0) is 13.1. The summed E-state index contributed by atoms with van der Waals surface area (Å²) in [6, 6.07) is 5.69. The van der Waals surface area contributed by atoms with Gasteiger partial charge in [-0.2, -0.15) is 0 Å². The molecule has 1 aliphatic rings. The Morgan fingerprint density at radius 3 is 2.72 bits per heavy atom. The molecule has 1 saturated carbocycles. The number of ether oxygens (including phenoxy) is 1. The van der Waals surface area contributed by atoms with E-state index in [9.17, 15) is 4.79 Å². The molecule has 0 saturated heterocycles. The van der Waals surface area contributed by atoms with Crippen LogP contribution in [0.15, 0.2) is 23.1 Å². The van der Waals surface area contributed by atoms with Gasteiger partial charge in [-0.1, -0.05) is 0 Å². The fourth-order valence-electron chi connectivity index (χ4n) is 1.83. The number of carbonyl (C=O) groups excluding carboxylic acids is 1. The van der Waals surface area contributed by atoms with Crippen molar-refractivity contribution < 1.29 is 9.53 Å². The third kappa shape index (κ3) is 3.19. The summed E-state index contributed by atoms with van der Waals surface area (Å²) in [6.07, 6.45) is 3.46. The molecule has 98 valence electrons. The summed E-state index contributed by atoms with van der Waals surface area (Å²) in [7, 11) is 0. The second-order valence-corrected chi connectivity index (χ2v) is 5.43. The van der Waals surface area contributed by atoms with Crippen LogP contribution in [0.25, 0.3) is 0 Å². The van der Waals surface area contributed by atoms with Gasteiger partial charge in [-0.3, -0.25) is 4.79 Å². The Hall–Kier alpha value is -1.16. The average molecular weight is 265 g/mol. The van der Waals surface area contributed by atoms with Gasteiger partial charge in [0.05, 0.1) is 6.10 Å². The lowest BCUT2D eigenvalue weighted by molar-refractivity contribution is 0.0916. The van der Waals surface area contributed by atoms with E-state index in [1.165, 1.54) is 6.42 Å². The minimum absolute atomic E-state index is 0.0263. The molecule has 0 heterocycles. The zero-order valence-electron chi connectivity index (χ0n) is 10.8. The van der Waals surface area contributed by atoms with Crippen LogP contribution in [-0.4, -0.2) is 18.1 Å². The van der Waals surface area contributed by atoms with Gasteiger partial charge in [0.25, 0.3) is 5.91 Å². The number of rotatable bonds is 4. The van der Waals surface area contributed by atoms with Gasteiger partial charge in [0, 0.05) is 16.5 Å². The molecule has 0 spiro atoms. The Kier molecular flexibility index (Phi) is 4.17. The molecule has 0 atom stereocenters. The molecule has 1 aliphatic carbocycles. The van der Waals surface area contributed by atoms with Crippen molar-refractivity contribution >= 4 is 18.5 Å². The predicted molar refractivity (Wildman–Crippen MR) is 74.6 cm³/mol. The van der Waals surface area contributed by atoms with Gasteiger partial charge in [0.2, 0.25) is 0 Å². The smallest absolute Gasteiger partial charge is 0.251 e. The molecule has 3 nitrogen and oxygen atoms in total. The van der Waals surface area contributed by atoms with Crippen LogP contribution in [0.3, 0.4) is 0 Å². The Bertz CT molecular complexity index is 441. The van der Waals surface area contributed by atoms with Crippen molar-refractivity contribution in [3.8, 4) is 5.75 Å². The summed E-state index contributed by atoms with van der Waals surface area (Å²) in [5.41, 5.74) is 0.635. The number of hydrogen-bond acceptors (Lipinski definition) is 3. The monoisotopic (exact) mass is 265 g/mol. The molecule has 0 aromatic heterocycles. The Balaban J connectivity index is 2.09. The summed E-state index contributed by atoms with van der Waals surface area (Å²) >= 11 is 4.33. The molecule has 1 fully saturated rings. The van der Waals surface area contributed by atoms with Gasteiger partial charge in [-0.15, -0.1) is 12.6 Å². The molecule has 4 heteroatoms. The van der Waals surface area contributed by atoms with Crippen LogP contribution >= 0.6 is 12.6 Å². The van der Waals surface area contributed by atoms with E-state index < -0.39 is 0 Å². The molecular formula is C14H19NO2S. The highest BCUT2D eigenvalue weighted by molar-refractivity contribution is 7.80. The molecule has 0 radical (unpaired) electrons. The van der Waals surface area contributed by atoms with E-state index in [4.69, 9.17) is 4.74 Å². The third-order valence-electron chi connectivity index (χ3n) is 3.03. The lowest BCUT2D eigenvalue weighted by atomic mass is 9.93. The highest BCUT2D eigenvalue weighted by Crippen LogP contribution is 2.25. The van der Waals surface area contributed by atoms with Crippen molar-refractivity contribution in [2.75, 3.05) is 0 Å². The van der Waals surface area contributed by atoms with Crippen molar-refractivity contribution in [3.63, 3.8) is 0 Å². The first-order valence-electron chi connectivity index (χ1n) is 6.37. The summed E-state index contributed by atoms with van der Waals surface area (Å²) in [6.45, 7) is 3.91. The van der Waals surface area contributed by atoms with Crippen molar-refractivity contribution in [2.24, 2.45) is 0 Å². The quantitative estimate of drug-likeness (QED) is 0.821. The van der Waals surface area contributed by atoms with E-state index in [-0.39, 0.29) is 12.0 Å². The summed E-state index contributed by atoms with van der Waals surface area (Å²) in [5, 5.41) is 3.01. The maximum Gasteiger partial charge on any atom is 0.251 e. The predicted octanol–water partition coefficient (Wildman–Crippen LogP) is 3.04. The van der Waals surface area contributed by atoms with Gasteiger partial charge in [0.15, 0.2) is 0 Å². The Morgan fingerprint density at radius 1 is 1.44 bits per heavy atom. The molecular weight excluding hydrogens is 246 g/mol. The lowest BCUT2D eigenvalue weighted by Gasteiger charge is -2.26. The second-order valence-electron chi connectivity index (χ2n) is 4.95. The normalized spacial score (nSPS) is 15.3. The van der Waals surface area contributed by atoms with Gasteiger partial charge in [0.1, 0.15) is 5.75 Å². The largest absolute Gasteiger partial charge is 0.490 e. The molecule has 1 aromatic carbocycles. The molecule has 1 N–H and O–H groups in total. The SMILES string of the molecule is CC(C)Oc1cc(C(=O)NC2CCC2)ccc1S. The minimum Gasteiger partial charge on any atom is -0.490 e. The fourth-order valence-corrected chi connectivity index (χ4v) is 2.02. The number of thiol groups is 1. The average Bonchev–Trinajstić information content (AvgIpc) is 2.25. The fraction of sp³-hybridized carbons (Fsp3) is 0.500. The van der Waals surface area contributed by atoms with Gasteiger partial charge in [-0.25, -0.2) is 0 Å². The molecule has 0 unspecified atom stereocenters. The van der Waals surface area contributed by atoms with Crippen molar-refractivity contribution in [1.29, 1.82) is 0 Å². The Labute approximate surface area is 113 Å². The van der Waals surface area contributed by atoms with Crippen LogP contribution in [0.1, 0.15) is 43.5 Å². The zero-order valence-corrected chi connectivity index (χ0v) is 11.7. The lowest BCUT2D eigenvalue weighted by Crippen LogP contribution is -2.39. The number of nitrogens with one attached hydrogen (secondary N) is 1. The Morgan fingerprint density at radius 2 is 2.17 bits per heavy atom. The number of benzene rings is 1. The maximum absolute atomic E-state index is 12.0. The van der Waals surface area contributed by atoms with Crippen LogP contribution in [-0.2, 0) is 0 Å². The van der Waals surface area contributed by atoms with Crippen molar-refractivity contribution in [3.05, 3.63) is 23.8 Å². The minimum atomic E-state index is -0.0263. The number of hydrogen-bond donors (Lipinski definition) is 2. The van der Waals surface area contributed by atoms with Crippen LogP contribution < -0.4 is 10.1 Å². The molecule has 0 aliphatic heterocycles. The number of amides is 1. The van der Waals surface area contributed by atoms with E-state index in [2.05, 4.69) is 17.9 Å². The third-order valence-corrected chi connectivity index (χ3v) is 3.39. The van der Waals surface area contributed by atoms with Crippen molar-refractivity contribution in [1.82, 2.24) is 5.32 Å². The molecule has 18 heavy (non-hydrogen) atoms. The second kappa shape index (κ2) is 5.65. The van der Waals surface area contributed by atoms with E-state index in [1.54, 1.807) is 18.2 Å². The van der Waals surface area contributed by atoms with Crippen LogP contribution in [0, 0.1) is 0 Å². The molecule has 1 amide bonds. The van der Waals surface area contributed by atoms with Crippen LogP contribution in [0.5, 0.6) is 5.75 Å². The van der Waals surface area contributed by atoms with Crippen LogP contribution in [0.2, 0.25) is 0 Å². The summed E-state index contributed by atoms with van der Waals surface area (Å²) < 4.78 is 5.62. The molecule has 0 bridgehead atoms.